The number of amides is 5. The van der Waals surface area contributed by atoms with Crippen LogP contribution in [0.15, 0.2) is 97.2 Å². The van der Waals surface area contributed by atoms with Gasteiger partial charge in [-0.05, 0) is 72.4 Å². The molecule has 3 heterocycles. The topological polar surface area (TPSA) is 177 Å². The summed E-state index contributed by atoms with van der Waals surface area (Å²) in [4.78, 5) is 66.4. The summed E-state index contributed by atoms with van der Waals surface area (Å²) in [5.41, 5.74) is 3.66. The van der Waals surface area contributed by atoms with Crippen molar-refractivity contribution in [1.82, 2.24) is 35.7 Å². The molecule has 0 saturated carbocycles. The number of aryl methyl sites for hydroxylation is 1. The highest BCUT2D eigenvalue weighted by Crippen LogP contribution is 2.29. The van der Waals surface area contributed by atoms with E-state index in [2.05, 4.69) is 25.9 Å². The highest BCUT2D eigenvalue weighted by atomic mass is 16.4. The van der Waals surface area contributed by atoms with Crippen molar-refractivity contribution < 1.29 is 29.4 Å². The Kier molecular flexibility index (Phi) is 14.5. The lowest BCUT2D eigenvalue weighted by molar-refractivity contribution is -0.131. The second-order valence-electron chi connectivity index (χ2n) is 17.6. The molecule has 0 bridgehead atoms. The van der Waals surface area contributed by atoms with Crippen LogP contribution in [0, 0.1) is 17.8 Å². The van der Waals surface area contributed by atoms with E-state index in [-0.39, 0.29) is 18.9 Å². The molecule has 5 rings (SSSR count). The van der Waals surface area contributed by atoms with E-state index < -0.39 is 59.0 Å². The number of rotatable bonds is 16. The summed E-state index contributed by atoms with van der Waals surface area (Å²) < 4.78 is 0. The minimum Gasteiger partial charge on any atom is -0.465 e. The smallest absolute Gasteiger partial charge is 0.405 e. The maximum atomic E-state index is 14.6. The Balaban J connectivity index is 1.41. The van der Waals surface area contributed by atoms with Crippen molar-refractivity contribution in [2.24, 2.45) is 10.8 Å². The van der Waals surface area contributed by atoms with E-state index in [1.165, 1.54) is 0 Å². The summed E-state index contributed by atoms with van der Waals surface area (Å²) in [5.74, 6) is -0.929. The number of aliphatic hydroxyl groups is 1. The van der Waals surface area contributed by atoms with Crippen LogP contribution in [0.3, 0.4) is 0 Å². The lowest BCUT2D eigenvalue weighted by Gasteiger charge is -2.38. The molecule has 0 unspecified atom stereocenters. The number of aliphatic hydroxyl groups excluding tert-OH is 1. The Morgan fingerprint density at radius 1 is 0.763 bits per heavy atom. The van der Waals surface area contributed by atoms with Gasteiger partial charge in [-0.15, -0.1) is 0 Å². The molecular formula is C46H59N7O6. The Morgan fingerprint density at radius 2 is 1.44 bits per heavy atom. The predicted octanol–water partition coefficient (Wildman–Crippen LogP) is 5.99. The Morgan fingerprint density at radius 3 is 2.05 bits per heavy atom. The van der Waals surface area contributed by atoms with Crippen molar-refractivity contribution in [2.75, 3.05) is 13.1 Å². The van der Waals surface area contributed by atoms with E-state index in [1.807, 2.05) is 119 Å². The highest BCUT2D eigenvalue weighted by Gasteiger charge is 2.44. The van der Waals surface area contributed by atoms with Crippen molar-refractivity contribution in [3.63, 3.8) is 0 Å². The van der Waals surface area contributed by atoms with Crippen LogP contribution in [0.4, 0.5) is 9.59 Å². The number of hydrogen-bond acceptors (Lipinski definition) is 7. The molecule has 1 fully saturated rings. The van der Waals surface area contributed by atoms with Crippen LogP contribution in [-0.4, -0.2) is 97.3 Å². The molecule has 2 aromatic heterocycles. The molecule has 0 radical (unpaired) electrons. The zero-order chi connectivity index (χ0) is 42.9. The van der Waals surface area contributed by atoms with Gasteiger partial charge in [0, 0.05) is 36.6 Å². The van der Waals surface area contributed by atoms with Crippen LogP contribution in [0.25, 0.3) is 11.3 Å². The standard InChI is InChI=1S/C46H59N7O6/c1-30-14-13-17-34(48-30)29-52-24-25-53(44(52)59)40(46(5,6)7)42(56)50-37(27-31-15-9-8-10-16-31)38(54)28-35(49-41(55)39(45(2,3)4)51-43(57)58)26-32-19-21-33(22-20-32)36-18-11-12-23-47-36/h8-23,35,37-40,51,54H,24-29H2,1-7H3,(H,49,55)(H,50,56)(H,57,58)/t35-,37-,38-,39+,40+/m0/s1. The molecule has 0 spiro atoms. The van der Waals surface area contributed by atoms with Gasteiger partial charge in [-0.25, -0.2) is 9.59 Å². The van der Waals surface area contributed by atoms with Crippen LogP contribution >= 0.6 is 0 Å². The van der Waals surface area contributed by atoms with Crippen molar-refractivity contribution in [3.8, 4) is 11.3 Å². The number of hydrogen-bond donors (Lipinski definition) is 5. The third kappa shape index (κ3) is 12.3. The van der Waals surface area contributed by atoms with Crippen LogP contribution in [0.1, 0.15) is 70.5 Å². The van der Waals surface area contributed by atoms with Gasteiger partial charge < -0.3 is 36.0 Å². The second kappa shape index (κ2) is 19.3. The van der Waals surface area contributed by atoms with Crippen molar-refractivity contribution in [3.05, 3.63) is 120 Å². The number of carboxylic acid groups (broad SMARTS) is 1. The molecule has 13 heteroatoms. The minimum absolute atomic E-state index is 0.0234. The van der Waals surface area contributed by atoms with Gasteiger partial charge in [-0.1, -0.05) is 108 Å². The molecule has 314 valence electrons. The van der Waals surface area contributed by atoms with E-state index in [4.69, 9.17) is 0 Å². The molecule has 13 nitrogen and oxygen atoms in total. The molecule has 59 heavy (non-hydrogen) atoms. The number of carbonyl (C=O) groups excluding carboxylic acids is 3. The molecule has 2 aromatic carbocycles. The first-order valence-electron chi connectivity index (χ1n) is 20.2. The summed E-state index contributed by atoms with van der Waals surface area (Å²) in [6, 6.07) is 24.9. The summed E-state index contributed by atoms with van der Waals surface area (Å²) in [7, 11) is 0. The molecule has 4 aromatic rings. The molecule has 1 aliphatic rings. The minimum atomic E-state index is -1.33. The largest absolute Gasteiger partial charge is 0.465 e. The number of pyridine rings is 2. The summed E-state index contributed by atoms with van der Waals surface area (Å²) in [5, 5.41) is 30.3. The normalized spacial score (nSPS) is 15.8. The third-order valence-electron chi connectivity index (χ3n) is 10.6. The fourth-order valence-corrected chi connectivity index (χ4v) is 7.65. The second-order valence-corrected chi connectivity index (χ2v) is 17.6. The summed E-state index contributed by atoms with van der Waals surface area (Å²) >= 11 is 0. The number of nitrogens with one attached hydrogen (secondary N) is 3. The number of urea groups is 1. The maximum Gasteiger partial charge on any atom is 0.405 e. The SMILES string of the molecule is Cc1cccc(CN2CCN([C@H](C(=O)N[C@@H](Cc3ccccc3)[C@@H](O)C[C@H](Cc3ccc(-c4ccccn4)cc3)NC(=O)[C@@H](NC(=O)O)C(C)(C)C)C(C)(C)C)C2=O)n1. The molecule has 5 atom stereocenters. The van der Waals surface area contributed by atoms with E-state index in [0.717, 1.165) is 33.8 Å². The zero-order valence-corrected chi connectivity index (χ0v) is 35.2. The fraction of sp³-hybridized carbons (Fsp3) is 0.435. The first-order valence-corrected chi connectivity index (χ1v) is 20.2. The van der Waals surface area contributed by atoms with Gasteiger partial charge in [0.1, 0.15) is 12.1 Å². The highest BCUT2D eigenvalue weighted by molar-refractivity contribution is 5.89. The van der Waals surface area contributed by atoms with Gasteiger partial charge in [0.15, 0.2) is 0 Å². The molecule has 5 N–H and O–H groups in total. The van der Waals surface area contributed by atoms with Gasteiger partial charge in [0.2, 0.25) is 11.8 Å². The van der Waals surface area contributed by atoms with E-state index in [9.17, 15) is 29.4 Å². The number of benzene rings is 2. The van der Waals surface area contributed by atoms with Crippen molar-refractivity contribution in [2.45, 2.75) is 105 Å². The summed E-state index contributed by atoms with van der Waals surface area (Å²) in [6.45, 7) is 14.1. The monoisotopic (exact) mass is 805 g/mol. The lowest BCUT2D eigenvalue weighted by Crippen LogP contribution is -2.59. The average Bonchev–Trinajstić information content (AvgIpc) is 3.51. The lowest BCUT2D eigenvalue weighted by atomic mass is 9.84. The molecule has 1 aliphatic heterocycles. The first kappa shape index (κ1) is 44.3. The molecule has 1 saturated heterocycles. The van der Waals surface area contributed by atoms with Crippen LogP contribution in [-0.2, 0) is 29.0 Å². The number of carbonyl (C=O) groups is 4. The van der Waals surface area contributed by atoms with Crippen molar-refractivity contribution in [1.29, 1.82) is 0 Å². The maximum absolute atomic E-state index is 14.6. The van der Waals surface area contributed by atoms with Gasteiger partial charge in [0.05, 0.1) is 30.1 Å². The predicted molar refractivity (Wildman–Crippen MR) is 227 cm³/mol. The summed E-state index contributed by atoms with van der Waals surface area (Å²) in [6.07, 6.45) is -0.170. The molecule has 0 aliphatic carbocycles. The first-order chi connectivity index (χ1) is 27.9. The van der Waals surface area contributed by atoms with Gasteiger partial charge in [-0.2, -0.15) is 0 Å². The van der Waals surface area contributed by atoms with E-state index in [1.54, 1.807) is 36.8 Å². The third-order valence-corrected chi connectivity index (χ3v) is 10.6. The fourth-order valence-electron chi connectivity index (χ4n) is 7.65. The number of aromatic nitrogens is 2. The molecule has 5 amide bonds. The number of nitrogens with zero attached hydrogens (tertiary/aromatic N) is 4. The van der Waals surface area contributed by atoms with Crippen LogP contribution in [0.2, 0.25) is 0 Å². The zero-order valence-electron chi connectivity index (χ0n) is 35.2. The van der Waals surface area contributed by atoms with Gasteiger partial charge >= 0.3 is 12.1 Å². The van der Waals surface area contributed by atoms with Gasteiger partial charge in [0.25, 0.3) is 0 Å². The van der Waals surface area contributed by atoms with Gasteiger partial charge in [-0.3, -0.25) is 19.6 Å². The molecular weight excluding hydrogens is 747 g/mol. The van der Waals surface area contributed by atoms with Crippen molar-refractivity contribution >= 4 is 23.9 Å². The quantitative estimate of drug-likeness (QED) is 0.0917. The Hall–Kier alpha value is -5.82. The van der Waals surface area contributed by atoms with E-state index in [0.29, 0.717) is 26.1 Å². The Bertz CT molecular complexity index is 2030. The van der Waals surface area contributed by atoms with E-state index >= 15 is 0 Å². The Labute approximate surface area is 347 Å². The van der Waals surface area contributed by atoms with Crippen LogP contribution in [0.5, 0.6) is 0 Å². The average molecular weight is 806 g/mol. The van der Waals surface area contributed by atoms with Crippen LogP contribution < -0.4 is 16.0 Å².